The predicted molar refractivity (Wildman–Crippen MR) is 73.3 cm³/mol. The second-order valence-corrected chi connectivity index (χ2v) is 5.65. The summed E-state index contributed by atoms with van der Waals surface area (Å²) in [5.41, 5.74) is 0.494. The Morgan fingerprint density at radius 3 is 2.21 bits per heavy atom. The fourth-order valence-electron chi connectivity index (χ4n) is 1.75. The predicted octanol–water partition coefficient (Wildman–Crippen LogP) is 3.21. The molecule has 0 saturated heterocycles. The Morgan fingerprint density at radius 2 is 1.74 bits per heavy atom. The molecule has 1 aromatic carbocycles. The van der Waals surface area contributed by atoms with Crippen molar-refractivity contribution in [3.63, 3.8) is 0 Å². The Bertz CT molecular complexity index is 423. The monoisotopic (exact) mass is 267 g/mol. The first kappa shape index (κ1) is 15.6. The van der Waals surface area contributed by atoms with E-state index in [1.165, 1.54) is 12.1 Å². The van der Waals surface area contributed by atoms with Gasteiger partial charge in [-0.25, -0.2) is 4.39 Å². The topological polar surface area (TPSA) is 38.3 Å². The van der Waals surface area contributed by atoms with Gasteiger partial charge in [-0.1, -0.05) is 12.1 Å². The van der Waals surface area contributed by atoms with Crippen molar-refractivity contribution < 1.29 is 13.9 Å². The summed E-state index contributed by atoms with van der Waals surface area (Å²) in [6.45, 7) is 9.29. The molecule has 0 saturated carbocycles. The van der Waals surface area contributed by atoms with Crippen molar-refractivity contribution in [2.24, 2.45) is 0 Å². The number of benzene rings is 1. The van der Waals surface area contributed by atoms with Gasteiger partial charge in [0.1, 0.15) is 11.9 Å². The Morgan fingerprint density at radius 1 is 1.21 bits per heavy atom. The minimum atomic E-state index is -0.525. The van der Waals surface area contributed by atoms with E-state index < -0.39 is 6.10 Å². The summed E-state index contributed by atoms with van der Waals surface area (Å²) in [6, 6.07) is 5.91. The van der Waals surface area contributed by atoms with E-state index >= 15 is 0 Å². The maximum absolute atomic E-state index is 12.8. The maximum atomic E-state index is 12.8. The van der Waals surface area contributed by atoms with Gasteiger partial charge >= 0.3 is 0 Å². The van der Waals surface area contributed by atoms with Gasteiger partial charge in [-0.3, -0.25) is 4.79 Å². The number of ether oxygens (including phenoxy) is 1. The molecule has 106 valence electrons. The van der Waals surface area contributed by atoms with E-state index in [9.17, 15) is 9.18 Å². The summed E-state index contributed by atoms with van der Waals surface area (Å²) < 4.78 is 18.4. The van der Waals surface area contributed by atoms with E-state index in [1.807, 2.05) is 27.7 Å². The van der Waals surface area contributed by atoms with Crippen molar-refractivity contribution in [2.75, 3.05) is 0 Å². The number of nitrogens with one attached hydrogen (secondary N) is 1. The highest BCUT2D eigenvalue weighted by molar-refractivity contribution is 5.80. The fraction of sp³-hybridized carbons (Fsp3) is 0.533. The van der Waals surface area contributed by atoms with Crippen LogP contribution in [0.2, 0.25) is 0 Å². The molecule has 0 bridgehead atoms. The third kappa shape index (κ3) is 5.39. The summed E-state index contributed by atoms with van der Waals surface area (Å²) in [4.78, 5) is 12.0. The molecule has 0 aromatic heterocycles. The van der Waals surface area contributed by atoms with E-state index in [-0.39, 0.29) is 23.4 Å². The van der Waals surface area contributed by atoms with Crippen molar-refractivity contribution in [3.8, 4) is 0 Å². The zero-order valence-corrected chi connectivity index (χ0v) is 12.2. The first-order chi connectivity index (χ1) is 8.69. The van der Waals surface area contributed by atoms with Crippen LogP contribution in [0.4, 0.5) is 4.39 Å². The van der Waals surface area contributed by atoms with Crippen LogP contribution in [-0.4, -0.2) is 17.6 Å². The van der Waals surface area contributed by atoms with Gasteiger partial charge in [0.25, 0.3) is 0 Å². The number of amides is 1. The van der Waals surface area contributed by atoms with E-state index in [0.717, 1.165) is 5.56 Å². The second kappa shape index (κ2) is 6.15. The first-order valence-corrected chi connectivity index (χ1v) is 6.43. The molecule has 2 atom stereocenters. The van der Waals surface area contributed by atoms with Crippen LogP contribution < -0.4 is 5.32 Å². The average Bonchev–Trinajstić information content (AvgIpc) is 2.27. The molecule has 1 N–H and O–H groups in total. The molecule has 0 heterocycles. The van der Waals surface area contributed by atoms with E-state index in [1.54, 1.807) is 19.1 Å². The lowest BCUT2D eigenvalue weighted by Gasteiger charge is -2.25. The Labute approximate surface area is 114 Å². The number of rotatable bonds is 4. The van der Waals surface area contributed by atoms with Crippen LogP contribution in [0.5, 0.6) is 0 Å². The Hall–Kier alpha value is -1.42. The minimum absolute atomic E-state index is 0.174. The first-order valence-electron chi connectivity index (χ1n) is 6.43. The molecule has 0 radical (unpaired) electrons. The molecular weight excluding hydrogens is 245 g/mol. The minimum Gasteiger partial charge on any atom is -0.363 e. The summed E-state index contributed by atoms with van der Waals surface area (Å²) in [5, 5.41) is 2.85. The largest absolute Gasteiger partial charge is 0.363 e. The average molecular weight is 267 g/mol. The van der Waals surface area contributed by atoms with Gasteiger partial charge in [0.05, 0.1) is 11.6 Å². The lowest BCUT2D eigenvalue weighted by Crippen LogP contribution is -2.39. The number of halogens is 1. The zero-order chi connectivity index (χ0) is 14.6. The summed E-state index contributed by atoms with van der Waals surface area (Å²) >= 11 is 0. The second-order valence-electron chi connectivity index (χ2n) is 5.65. The molecule has 1 aromatic rings. The zero-order valence-electron chi connectivity index (χ0n) is 12.2. The van der Waals surface area contributed by atoms with Crippen LogP contribution in [0.1, 0.15) is 46.2 Å². The van der Waals surface area contributed by atoms with Crippen LogP contribution in [0.15, 0.2) is 24.3 Å². The van der Waals surface area contributed by atoms with Crippen LogP contribution >= 0.6 is 0 Å². The van der Waals surface area contributed by atoms with E-state index in [2.05, 4.69) is 5.32 Å². The molecule has 0 spiro atoms. The van der Waals surface area contributed by atoms with Crippen LogP contribution in [-0.2, 0) is 9.53 Å². The highest BCUT2D eigenvalue weighted by atomic mass is 19.1. The molecule has 4 heteroatoms. The molecule has 1 rings (SSSR count). The highest BCUT2D eigenvalue weighted by Crippen LogP contribution is 2.15. The third-order valence-electron chi connectivity index (χ3n) is 2.63. The van der Waals surface area contributed by atoms with Crippen LogP contribution in [0.25, 0.3) is 0 Å². The number of carbonyl (C=O) groups is 1. The number of hydrogen-bond donors (Lipinski definition) is 1. The number of carbonyl (C=O) groups excluding carboxylic acids is 1. The molecule has 19 heavy (non-hydrogen) atoms. The molecule has 0 aliphatic carbocycles. The third-order valence-corrected chi connectivity index (χ3v) is 2.63. The van der Waals surface area contributed by atoms with Crippen LogP contribution in [0.3, 0.4) is 0 Å². The maximum Gasteiger partial charge on any atom is 0.249 e. The molecule has 3 nitrogen and oxygen atoms in total. The van der Waals surface area contributed by atoms with Gasteiger partial charge < -0.3 is 10.1 Å². The summed E-state index contributed by atoms with van der Waals surface area (Å²) in [5.74, 6) is -0.460. The molecule has 0 fully saturated rings. The van der Waals surface area contributed by atoms with Gasteiger partial charge in [0.2, 0.25) is 5.91 Å². The summed E-state index contributed by atoms with van der Waals surface area (Å²) in [7, 11) is 0. The quantitative estimate of drug-likeness (QED) is 0.909. The number of hydrogen-bond acceptors (Lipinski definition) is 2. The van der Waals surface area contributed by atoms with Crippen molar-refractivity contribution in [3.05, 3.63) is 35.6 Å². The Balaban J connectivity index is 2.59. The van der Waals surface area contributed by atoms with Crippen molar-refractivity contribution in [1.82, 2.24) is 5.32 Å². The van der Waals surface area contributed by atoms with Gasteiger partial charge in [-0.15, -0.1) is 0 Å². The smallest absolute Gasteiger partial charge is 0.249 e. The standard InChI is InChI=1S/C15H22FNO2/c1-10(12-6-8-13(16)9-7-12)17-14(18)11(2)19-15(3,4)5/h6-11H,1-5H3,(H,17,18). The summed E-state index contributed by atoms with van der Waals surface area (Å²) in [6.07, 6.45) is -0.525. The SMILES string of the molecule is CC(OC(C)(C)C)C(=O)NC(C)c1ccc(F)cc1. The molecule has 0 aliphatic rings. The van der Waals surface area contributed by atoms with Gasteiger partial charge in [-0.05, 0) is 52.3 Å². The van der Waals surface area contributed by atoms with Crippen molar-refractivity contribution >= 4 is 5.91 Å². The normalized spacial score (nSPS) is 14.8. The van der Waals surface area contributed by atoms with E-state index in [4.69, 9.17) is 4.74 Å². The molecule has 2 unspecified atom stereocenters. The van der Waals surface area contributed by atoms with Crippen LogP contribution in [0, 0.1) is 5.82 Å². The molecule has 1 amide bonds. The van der Waals surface area contributed by atoms with Crippen molar-refractivity contribution in [2.45, 2.75) is 52.4 Å². The lowest BCUT2D eigenvalue weighted by molar-refractivity contribution is -0.141. The molecule has 0 aliphatic heterocycles. The van der Waals surface area contributed by atoms with Gasteiger partial charge in [0.15, 0.2) is 0 Å². The highest BCUT2D eigenvalue weighted by Gasteiger charge is 2.22. The fourth-order valence-corrected chi connectivity index (χ4v) is 1.75. The van der Waals surface area contributed by atoms with Gasteiger partial charge in [-0.2, -0.15) is 0 Å². The van der Waals surface area contributed by atoms with E-state index in [0.29, 0.717) is 0 Å². The van der Waals surface area contributed by atoms with Gasteiger partial charge in [0, 0.05) is 0 Å². The van der Waals surface area contributed by atoms with Crippen molar-refractivity contribution in [1.29, 1.82) is 0 Å². The molecular formula is C15H22FNO2. The lowest BCUT2D eigenvalue weighted by atomic mass is 10.1. The Kier molecular flexibility index (Phi) is 5.06.